The van der Waals surface area contributed by atoms with Gasteiger partial charge in [-0.2, -0.15) is 0 Å². The molecule has 1 nitrogen and oxygen atoms in total. The molecule has 4 heteroatoms. The van der Waals surface area contributed by atoms with E-state index in [1.807, 2.05) is 0 Å². The Labute approximate surface area is 95.2 Å². The first kappa shape index (κ1) is 11.7. The van der Waals surface area contributed by atoms with Crippen LogP contribution in [0.2, 0.25) is 0 Å². The second-order valence-corrected chi connectivity index (χ2v) is 4.63. The van der Waals surface area contributed by atoms with Crippen LogP contribution in [0.25, 0.3) is 0 Å². The van der Waals surface area contributed by atoms with Crippen LogP contribution >= 0.6 is 27.7 Å². The molecule has 1 aromatic carbocycles. The summed E-state index contributed by atoms with van der Waals surface area (Å²) in [7, 11) is 0. The zero-order valence-electron chi connectivity index (χ0n) is 7.88. The molecule has 0 bridgehead atoms. The Balaban J connectivity index is 3.06. The van der Waals surface area contributed by atoms with Crippen LogP contribution in [0.5, 0.6) is 0 Å². The molecule has 0 saturated heterocycles. The predicted molar refractivity (Wildman–Crippen MR) is 60.5 cm³/mol. The zero-order chi connectivity index (χ0) is 10.7. The van der Waals surface area contributed by atoms with Gasteiger partial charge in [-0.3, -0.25) is 4.79 Å². The first-order chi connectivity index (χ1) is 6.56. The van der Waals surface area contributed by atoms with E-state index in [0.717, 1.165) is 5.56 Å². The standard InChI is InChI=1S/C10H10BrFOS/c1-6(13)10(11)7-3-4-8(12)9(5-7)14-2/h3-5,10H,1-2H3. The van der Waals surface area contributed by atoms with E-state index >= 15 is 0 Å². The third-order valence-corrected chi connectivity index (χ3v) is 3.75. The van der Waals surface area contributed by atoms with Gasteiger partial charge in [0.2, 0.25) is 0 Å². The van der Waals surface area contributed by atoms with Gasteiger partial charge in [0.1, 0.15) is 11.6 Å². The van der Waals surface area contributed by atoms with Gasteiger partial charge in [-0.25, -0.2) is 4.39 Å². The second kappa shape index (κ2) is 4.94. The fraction of sp³-hybridized carbons (Fsp3) is 0.300. The number of thioether (sulfide) groups is 1. The lowest BCUT2D eigenvalue weighted by Crippen LogP contribution is -2.01. The molecule has 0 radical (unpaired) electrons. The molecule has 0 spiro atoms. The van der Waals surface area contributed by atoms with Crippen molar-refractivity contribution in [2.75, 3.05) is 6.26 Å². The molecule has 0 aliphatic carbocycles. The predicted octanol–water partition coefficient (Wildman–Crippen LogP) is 3.57. The van der Waals surface area contributed by atoms with Gasteiger partial charge < -0.3 is 0 Å². The SMILES string of the molecule is CSc1cc(C(Br)C(C)=O)ccc1F. The molecule has 1 aromatic rings. The van der Waals surface area contributed by atoms with E-state index in [0.29, 0.717) is 4.90 Å². The van der Waals surface area contributed by atoms with Gasteiger partial charge in [-0.1, -0.05) is 22.0 Å². The Morgan fingerprint density at radius 3 is 2.71 bits per heavy atom. The molecule has 0 fully saturated rings. The van der Waals surface area contributed by atoms with Crippen LogP contribution in [-0.4, -0.2) is 12.0 Å². The molecular weight excluding hydrogens is 267 g/mol. The number of carbonyl (C=O) groups excluding carboxylic acids is 1. The molecule has 0 N–H and O–H groups in total. The average molecular weight is 277 g/mol. The average Bonchev–Trinajstić information content (AvgIpc) is 2.17. The topological polar surface area (TPSA) is 17.1 Å². The molecule has 0 aliphatic heterocycles. The first-order valence-electron chi connectivity index (χ1n) is 4.04. The van der Waals surface area contributed by atoms with Crippen LogP contribution in [-0.2, 0) is 4.79 Å². The highest BCUT2D eigenvalue weighted by Gasteiger charge is 2.14. The van der Waals surface area contributed by atoms with Gasteiger partial charge in [-0.05, 0) is 30.9 Å². The third-order valence-electron chi connectivity index (χ3n) is 1.82. The maximum Gasteiger partial charge on any atom is 0.147 e. The zero-order valence-corrected chi connectivity index (χ0v) is 10.3. The van der Waals surface area contributed by atoms with E-state index in [1.54, 1.807) is 18.4 Å². The number of rotatable bonds is 3. The number of carbonyl (C=O) groups is 1. The number of hydrogen-bond donors (Lipinski definition) is 0. The van der Waals surface area contributed by atoms with Gasteiger partial charge in [0.15, 0.2) is 0 Å². The molecule has 1 rings (SSSR count). The summed E-state index contributed by atoms with van der Waals surface area (Å²) in [5.74, 6) is -0.229. The van der Waals surface area contributed by atoms with E-state index in [2.05, 4.69) is 15.9 Å². The smallest absolute Gasteiger partial charge is 0.147 e. The first-order valence-corrected chi connectivity index (χ1v) is 6.18. The van der Waals surface area contributed by atoms with E-state index < -0.39 is 0 Å². The lowest BCUT2D eigenvalue weighted by Gasteiger charge is -2.08. The highest BCUT2D eigenvalue weighted by molar-refractivity contribution is 9.09. The Hall–Kier alpha value is -0.350. The minimum Gasteiger partial charge on any atom is -0.298 e. The summed E-state index contributed by atoms with van der Waals surface area (Å²) in [6.07, 6.45) is 1.80. The maximum absolute atomic E-state index is 13.1. The number of hydrogen-bond acceptors (Lipinski definition) is 2. The summed E-state index contributed by atoms with van der Waals surface area (Å²) >= 11 is 4.59. The van der Waals surface area contributed by atoms with Crippen LogP contribution in [0.3, 0.4) is 0 Å². The van der Waals surface area contributed by atoms with Crippen molar-refractivity contribution in [2.45, 2.75) is 16.6 Å². The summed E-state index contributed by atoms with van der Waals surface area (Å²) in [5.41, 5.74) is 0.795. The van der Waals surface area contributed by atoms with Crippen molar-refractivity contribution in [3.05, 3.63) is 29.6 Å². The lowest BCUT2D eigenvalue weighted by atomic mass is 10.1. The fourth-order valence-corrected chi connectivity index (χ4v) is 1.87. The van der Waals surface area contributed by atoms with Gasteiger partial charge in [-0.15, -0.1) is 11.8 Å². The molecule has 0 aromatic heterocycles. The van der Waals surface area contributed by atoms with E-state index in [4.69, 9.17) is 0 Å². The molecule has 0 aliphatic rings. The van der Waals surface area contributed by atoms with Crippen LogP contribution in [0.1, 0.15) is 17.3 Å². The highest BCUT2D eigenvalue weighted by atomic mass is 79.9. The number of Topliss-reactive ketones (excluding diaryl/α,β-unsaturated/α-hetero) is 1. The van der Waals surface area contributed by atoms with Crippen molar-refractivity contribution in [1.29, 1.82) is 0 Å². The molecule has 0 saturated carbocycles. The summed E-state index contributed by atoms with van der Waals surface area (Å²) in [6.45, 7) is 1.50. The number of halogens is 2. The van der Waals surface area contributed by atoms with E-state index in [-0.39, 0.29) is 16.4 Å². The Kier molecular flexibility index (Phi) is 4.13. The second-order valence-electron chi connectivity index (χ2n) is 2.87. The van der Waals surface area contributed by atoms with E-state index in [1.165, 1.54) is 24.8 Å². The lowest BCUT2D eigenvalue weighted by molar-refractivity contribution is -0.116. The van der Waals surface area contributed by atoms with Crippen molar-refractivity contribution in [3.63, 3.8) is 0 Å². The van der Waals surface area contributed by atoms with Crippen molar-refractivity contribution < 1.29 is 9.18 Å². The number of ketones is 1. The molecule has 0 heterocycles. The molecule has 1 atom stereocenters. The number of benzene rings is 1. The van der Waals surface area contributed by atoms with Crippen LogP contribution in [0.4, 0.5) is 4.39 Å². The Morgan fingerprint density at radius 2 is 2.21 bits per heavy atom. The Bertz CT molecular complexity index is 354. The fourth-order valence-electron chi connectivity index (χ4n) is 1.07. The summed E-state index contributed by atoms with van der Waals surface area (Å²) in [6, 6.07) is 4.70. The van der Waals surface area contributed by atoms with Crippen molar-refractivity contribution in [1.82, 2.24) is 0 Å². The van der Waals surface area contributed by atoms with Crippen LogP contribution < -0.4 is 0 Å². The van der Waals surface area contributed by atoms with Crippen molar-refractivity contribution in [3.8, 4) is 0 Å². The maximum atomic E-state index is 13.1. The minimum absolute atomic E-state index is 0.0173. The van der Waals surface area contributed by atoms with Gasteiger partial charge >= 0.3 is 0 Å². The van der Waals surface area contributed by atoms with Crippen molar-refractivity contribution in [2.24, 2.45) is 0 Å². The monoisotopic (exact) mass is 276 g/mol. The minimum atomic E-state index is -0.339. The summed E-state index contributed by atoms with van der Waals surface area (Å²) in [4.78, 5) is 11.3. The molecular formula is C10H10BrFOS. The normalized spacial score (nSPS) is 12.6. The van der Waals surface area contributed by atoms with Gasteiger partial charge in [0.05, 0.1) is 4.83 Å². The van der Waals surface area contributed by atoms with Crippen molar-refractivity contribution >= 4 is 33.5 Å². The third kappa shape index (κ3) is 2.58. The summed E-state index contributed by atoms with van der Waals surface area (Å²) in [5, 5.41) is 0. The van der Waals surface area contributed by atoms with E-state index in [9.17, 15) is 9.18 Å². The highest BCUT2D eigenvalue weighted by Crippen LogP contribution is 2.28. The molecule has 0 amide bonds. The Morgan fingerprint density at radius 1 is 1.57 bits per heavy atom. The molecule has 1 unspecified atom stereocenters. The van der Waals surface area contributed by atoms with Crippen LogP contribution in [0.15, 0.2) is 23.1 Å². The largest absolute Gasteiger partial charge is 0.298 e. The van der Waals surface area contributed by atoms with Crippen LogP contribution in [0, 0.1) is 5.82 Å². The number of alkyl halides is 1. The van der Waals surface area contributed by atoms with Gasteiger partial charge in [0.25, 0.3) is 0 Å². The summed E-state index contributed by atoms with van der Waals surface area (Å²) < 4.78 is 13.1. The molecule has 76 valence electrons. The van der Waals surface area contributed by atoms with Gasteiger partial charge in [0, 0.05) is 4.90 Å². The quantitative estimate of drug-likeness (QED) is 0.620. The molecule has 14 heavy (non-hydrogen) atoms.